The molecule has 0 unspecified atom stereocenters. The molecular weight excluding hydrogens is 330 g/mol. The Morgan fingerprint density at radius 3 is 2.73 bits per heavy atom. The third-order valence-corrected chi connectivity index (χ3v) is 5.17. The maximum atomic E-state index is 12.1. The van der Waals surface area contributed by atoms with Crippen molar-refractivity contribution in [2.24, 2.45) is 5.92 Å². The van der Waals surface area contributed by atoms with Crippen molar-refractivity contribution in [1.82, 2.24) is 34.5 Å². The highest BCUT2D eigenvalue weighted by atomic mass is 16.1. The van der Waals surface area contributed by atoms with Gasteiger partial charge in [-0.1, -0.05) is 0 Å². The van der Waals surface area contributed by atoms with E-state index >= 15 is 0 Å². The number of aryl methyl sites for hydroxylation is 1. The minimum Gasteiger partial charge on any atom is -0.295 e. The molecule has 1 saturated heterocycles. The van der Waals surface area contributed by atoms with Crippen molar-refractivity contribution in [3.63, 3.8) is 0 Å². The van der Waals surface area contributed by atoms with E-state index in [2.05, 4.69) is 25.3 Å². The number of nitrogens with zero attached hydrogens (tertiary/aromatic N) is 7. The van der Waals surface area contributed by atoms with Crippen LogP contribution in [0.15, 0.2) is 29.1 Å². The first-order valence-corrected chi connectivity index (χ1v) is 9.14. The van der Waals surface area contributed by atoms with Gasteiger partial charge in [-0.2, -0.15) is 14.7 Å². The second kappa shape index (κ2) is 5.98. The van der Waals surface area contributed by atoms with Crippen LogP contribution in [-0.2, 0) is 13.1 Å². The zero-order valence-electron chi connectivity index (χ0n) is 14.7. The normalized spacial score (nSPS) is 18.3. The van der Waals surface area contributed by atoms with Gasteiger partial charge in [-0.3, -0.25) is 9.69 Å². The summed E-state index contributed by atoms with van der Waals surface area (Å²) in [5, 5.41) is 17.5. The molecule has 0 amide bonds. The smallest absolute Gasteiger partial charge is 0.266 e. The molecule has 0 radical (unpaired) electrons. The van der Waals surface area contributed by atoms with Gasteiger partial charge in [0, 0.05) is 31.0 Å². The predicted molar refractivity (Wildman–Crippen MR) is 94.8 cm³/mol. The van der Waals surface area contributed by atoms with E-state index in [0.717, 1.165) is 42.5 Å². The molecule has 0 aromatic carbocycles. The Hall–Kier alpha value is -2.61. The van der Waals surface area contributed by atoms with E-state index in [0.29, 0.717) is 18.4 Å². The summed E-state index contributed by atoms with van der Waals surface area (Å²) in [6.45, 7) is 5.24. The van der Waals surface area contributed by atoms with Gasteiger partial charge >= 0.3 is 0 Å². The lowest BCUT2D eigenvalue weighted by atomic mass is 10.0. The van der Waals surface area contributed by atoms with Crippen molar-refractivity contribution in [1.29, 1.82) is 0 Å². The van der Waals surface area contributed by atoms with E-state index in [1.54, 1.807) is 10.7 Å². The minimum absolute atomic E-state index is 0.00373. The van der Waals surface area contributed by atoms with Gasteiger partial charge in [0.15, 0.2) is 11.5 Å². The third-order valence-electron chi connectivity index (χ3n) is 5.17. The Balaban J connectivity index is 1.23. The largest absolute Gasteiger partial charge is 0.295 e. The molecule has 1 aliphatic heterocycles. The van der Waals surface area contributed by atoms with Gasteiger partial charge in [0.05, 0.1) is 24.5 Å². The van der Waals surface area contributed by atoms with Crippen LogP contribution in [0.1, 0.15) is 36.0 Å². The fourth-order valence-electron chi connectivity index (χ4n) is 3.58. The molecule has 1 saturated carbocycles. The highest BCUT2D eigenvalue weighted by molar-refractivity contribution is 5.36. The number of rotatable bonds is 5. The predicted octanol–water partition coefficient (Wildman–Crippen LogP) is 0.999. The van der Waals surface area contributed by atoms with Gasteiger partial charge in [-0.15, -0.1) is 10.2 Å². The van der Waals surface area contributed by atoms with Crippen molar-refractivity contribution in [2.75, 3.05) is 13.1 Å². The van der Waals surface area contributed by atoms with E-state index in [9.17, 15) is 4.79 Å². The molecule has 8 nitrogen and oxygen atoms in total. The molecule has 5 rings (SSSR count). The molecule has 0 spiro atoms. The van der Waals surface area contributed by atoms with Crippen LogP contribution in [0.4, 0.5) is 0 Å². The van der Waals surface area contributed by atoms with Gasteiger partial charge in [-0.25, -0.2) is 4.68 Å². The van der Waals surface area contributed by atoms with Crippen LogP contribution in [0.5, 0.6) is 0 Å². The van der Waals surface area contributed by atoms with Crippen LogP contribution >= 0.6 is 0 Å². The first-order valence-electron chi connectivity index (χ1n) is 9.14. The summed E-state index contributed by atoms with van der Waals surface area (Å²) < 4.78 is 3.46. The van der Waals surface area contributed by atoms with Gasteiger partial charge < -0.3 is 0 Å². The average Bonchev–Trinajstić information content (AvgIpc) is 3.37. The summed E-state index contributed by atoms with van der Waals surface area (Å²) in [5.41, 5.74) is 2.78. The summed E-state index contributed by atoms with van der Waals surface area (Å²) >= 11 is 0. The topological polar surface area (TPSA) is 81.2 Å². The Labute approximate surface area is 150 Å². The highest BCUT2D eigenvalue weighted by Gasteiger charge is 2.30. The monoisotopic (exact) mass is 351 g/mol. The van der Waals surface area contributed by atoms with Crippen molar-refractivity contribution < 1.29 is 0 Å². The molecule has 134 valence electrons. The van der Waals surface area contributed by atoms with Crippen molar-refractivity contribution in [2.45, 2.75) is 38.8 Å². The molecule has 0 N–H and O–H groups in total. The third kappa shape index (κ3) is 2.90. The van der Waals surface area contributed by atoms with E-state index in [-0.39, 0.29) is 5.56 Å². The SMILES string of the molecule is Cc1ccc2nnc(CN3CC(Cn4nc(C5CC5)ccc4=O)C3)n2n1. The maximum absolute atomic E-state index is 12.1. The highest BCUT2D eigenvalue weighted by Crippen LogP contribution is 2.38. The van der Waals surface area contributed by atoms with E-state index in [4.69, 9.17) is 0 Å². The van der Waals surface area contributed by atoms with E-state index in [1.807, 2.05) is 29.6 Å². The first kappa shape index (κ1) is 15.6. The zero-order valence-corrected chi connectivity index (χ0v) is 14.7. The molecule has 3 aromatic rings. The van der Waals surface area contributed by atoms with Crippen LogP contribution in [0.25, 0.3) is 5.65 Å². The summed E-state index contributed by atoms with van der Waals surface area (Å²) in [6.07, 6.45) is 2.39. The number of aromatic nitrogens is 6. The van der Waals surface area contributed by atoms with Crippen molar-refractivity contribution in [3.05, 3.63) is 51.8 Å². The van der Waals surface area contributed by atoms with Crippen molar-refractivity contribution >= 4 is 5.65 Å². The molecule has 2 fully saturated rings. The fourth-order valence-corrected chi connectivity index (χ4v) is 3.58. The molecule has 0 bridgehead atoms. The van der Waals surface area contributed by atoms with Gasteiger partial charge in [0.2, 0.25) is 0 Å². The standard InChI is InChI=1S/C18H21N7O/c1-12-2-6-16-19-20-17(25(16)21-12)11-23-8-13(9-23)10-24-18(26)7-5-15(22-24)14-3-4-14/h2,5-7,13-14H,3-4,8-11H2,1H3. The van der Waals surface area contributed by atoms with Crippen LogP contribution in [0.3, 0.4) is 0 Å². The second-order valence-corrected chi connectivity index (χ2v) is 7.47. The molecule has 0 atom stereocenters. The first-order chi connectivity index (χ1) is 12.7. The Morgan fingerprint density at radius 2 is 1.92 bits per heavy atom. The number of hydrogen-bond donors (Lipinski definition) is 0. The lowest BCUT2D eigenvalue weighted by Gasteiger charge is -2.38. The lowest BCUT2D eigenvalue weighted by Crippen LogP contribution is -2.49. The average molecular weight is 351 g/mol. The Morgan fingerprint density at radius 1 is 1.08 bits per heavy atom. The van der Waals surface area contributed by atoms with E-state index < -0.39 is 0 Å². The Bertz CT molecular complexity index is 1010. The second-order valence-electron chi connectivity index (χ2n) is 7.47. The fraction of sp³-hybridized carbons (Fsp3) is 0.500. The number of hydrogen-bond acceptors (Lipinski definition) is 6. The van der Waals surface area contributed by atoms with Crippen LogP contribution in [-0.4, -0.2) is 47.6 Å². The summed E-state index contributed by atoms with van der Waals surface area (Å²) in [4.78, 5) is 14.4. The van der Waals surface area contributed by atoms with Crippen LogP contribution < -0.4 is 5.56 Å². The van der Waals surface area contributed by atoms with Gasteiger partial charge in [0.1, 0.15) is 0 Å². The minimum atomic E-state index is -0.00373. The molecule has 4 heterocycles. The maximum Gasteiger partial charge on any atom is 0.266 e. The summed E-state index contributed by atoms with van der Waals surface area (Å²) in [7, 11) is 0. The van der Waals surface area contributed by atoms with E-state index in [1.165, 1.54) is 12.8 Å². The molecule has 1 aliphatic carbocycles. The van der Waals surface area contributed by atoms with Crippen LogP contribution in [0.2, 0.25) is 0 Å². The number of fused-ring (bicyclic) bond motifs is 1. The number of likely N-dealkylation sites (tertiary alicyclic amines) is 1. The van der Waals surface area contributed by atoms with Crippen LogP contribution in [0, 0.1) is 12.8 Å². The zero-order chi connectivity index (χ0) is 17.7. The quantitative estimate of drug-likeness (QED) is 0.682. The van der Waals surface area contributed by atoms with Crippen molar-refractivity contribution in [3.8, 4) is 0 Å². The summed E-state index contributed by atoms with van der Waals surface area (Å²) in [5.74, 6) is 1.87. The molecule has 3 aromatic heterocycles. The van der Waals surface area contributed by atoms with Gasteiger partial charge in [-0.05, 0) is 38.0 Å². The molecule has 8 heteroatoms. The lowest BCUT2D eigenvalue weighted by molar-refractivity contribution is 0.0732. The Kier molecular flexibility index (Phi) is 3.59. The molecule has 2 aliphatic rings. The summed E-state index contributed by atoms with van der Waals surface area (Å²) in [6, 6.07) is 7.42. The molecule has 26 heavy (non-hydrogen) atoms. The molecular formula is C18H21N7O. The van der Waals surface area contributed by atoms with Gasteiger partial charge in [0.25, 0.3) is 5.56 Å².